The van der Waals surface area contributed by atoms with Crippen molar-refractivity contribution in [2.24, 2.45) is 5.73 Å². The first-order valence-electron chi connectivity index (χ1n) is 5.50. The highest BCUT2D eigenvalue weighted by Gasteiger charge is 2.28. The molecule has 0 radical (unpaired) electrons. The molecule has 19 heavy (non-hydrogen) atoms. The Morgan fingerprint density at radius 2 is 2.05 bits per heavy atom. The number of rotatable bonds is 2. The van der Waals surface area contributed by atoms with Gasteiger partial charge in [0.1, 0.15) is 6.04 Å². The molecule has 3 N–H and O–H groups in total. The van der Waals surface area contributed by atoms with Crippen LogP contribution in [0, 0.1) is 0 Å². The molecule has 1 atom stereocenters. The summed E-state index contributed by atoms with van der Waals surface area (Å²) in [5.41, 5.74) is 7.35. The number of carbonyl (C=O) groups excluding carboxylic acids is 1. The Kier molecular flexibility index (Phi) is 3.26. The summed E-state index contributed by atoms with van der Waals surface area (Å²) in [5.74, 6) is -0.181. The number of nitrogens with two attached hydrogens (primary N) is 1. The average molecular weight is 337 g/mol. The molecule has 1 aliphatic rings. The van der Waals surface area contributed by atoms with Gasteiger partial charge in [0, 0.05) is 33.0 Å². The number of carbonyl (C=O) groups is 1. The largest absolute Gasteiger partial charge is 0.324 e. The SMILES string of the molecule is NC1C(=O)Nc2cc(Sc3ncccn3)c(Br)cc21. The Labute approximate surface area is 122 Å². The number of anilines is 1. The second-order valence-corrected chi connectivity index (χ2v) is 5.83. The lowest BCUT2D eigenvalue weighted by atomic mass is 10.1. The third-order valence-corrected chi connectivity index (χ3v) is 4.59. The molecule has 1 aromatic heterocycles. The number of benzene rings is 1. The van der Waals surface area contributed by atoms with E-state index in [1.807, 2.05) is 12.1 Å². The average Bonchev–Trinajstić information content (AvgIpc) is 2.67. The van der Waals surface area contributed by atoms with Crippen molar-refractivity contribution in [2.75, 3.05) is 5.32 Å². The predicted molar refractivity (Wildman–Crippen MR) is 75.9 cm³/mol. The summed E-state index contributed by atoms with van der Waals surface area (Å²) < 4.78 is 0.871. The van der Waals surface area contributed by atoms with Crippen molar-refractivity contribution in [2.45, 2.75) is 16.1 Å². The van der Waals surface area contributed by atoms with Crippen LogP contribution < -0.4 is 11.1 Å². The lowest BCUT2D eigenvalue weighted by Gasteiger charge is -2.07. The highest BCUT2D eigenvalue weighted by molar-refractivity contribution is 9.10. The van der Waals surface area contributed by atoms with E-state index < -0.39 is 6.04 Å². The minimum absolute atomic E-state index is 0.181. The number of fused-ring (bicyclic) bond motifs is 1. The van der Waals surface area contributed by atoms with Gasteiger partial charge in [-0.2, -0.15) is 0 Å². The predicted octanol–water partition coefficient (Wildman–Crippen LogP) is 2.34. The first-order valence-corrected chi connectivity index (χ1v) is 7.11. The first-order chi connectivity index (χ1) is 9.15. The van der Waals surface area contributed by atoms with Crippen molar-refractivity contribution in [3.05, 3.63) is 40.6 Å². The highest BCUT2D eigenvalue weighted by Crippen LogP contribution is 2.39. The number of amides is 1. The third kappa shape index (κ3) is 2.36. The van der Waals surface area contributed by atoms with Crippen molar-refractivity contribution in [1.29, 1.82) is 0 Å². The van der Waals surface area contributed by atoms with Crippen LogP contribution in [0.1, 0.15) is 11.6 Å². The van der Waals surface area contributed by atoms with Crippen LogP contribution in [0.15, 0.2) is 45.1 Å². The molecule has 1 aromatic carbocycles. The summed E-state index contributed by atoms with van der Waals surface area (Å²) in [5, 5.41) is 3.41. The molecule has 5 nitrogen and oxygen atoms in total. The number of halogens is 1. The van der Waals surface area contributed by atoms with E-state index in [-0.39, 0.29) is 5.91 Å². The lowest BCUT2D eigenvalue weighted by molar-refractivity contribution is -0.116. The number of nitrogens with one attached hydrogen (secondary N) is 1. The van der Waals surface area contributed by atoms with Gasteiger partial charge in [0.2, 0.25) is 5.91 Å². The van der Waals surface area contributed by atoms with Gasteiger partial charge in [-0.25, -0.2) is 9.97 Å². The van der Waals surface area contributed by atoms with Gasteiger partial charge in [-0.15, -0.1) is 0 Å². The van der Waals surface area contributed by atoms with E-state index in [2.05, 4.69) is 31.2 Å². The van der Waals surface area contributed by atoms with E-state index in [1.165, 1.54) is 11.8 Å². The minimum Gasteiger partial charge on any atom is -0.324 e. The fraction of sp³-hybridized carbons (Fsp3) is 0.0833. The summed E-state index contributed by atoms with van der Waals surface area (Å²) in [6.07, 6.45) is 3.38. The van der Waals surface area contributed by atoms with E-state index in [0.717, 1.165) is 20.6 Å². The lowest BCUT2D eigenvalue weighted by Crippen LogP contribution is -2.19. The van der Waals surface area contributed by atoms with E-state index in [1.54, 1.807) is 18.5 Å². The molecule has 0 fully saturated rings. The van der Waals surface area contributed by atoms with Crippen molar-refractivity contribution < 1.29 is 4.79 Å². The minimum atomic E-state index is -0.599. The van der Waals surface area contributed by atoms with Crippen LogP contribution in [0.5, 0.6) is 0 Å². The summed E-state index contributed by atoms with van der Waals surface area (Å²) in [7, 11) is 0. The fourth-order valence-electron chi connectivity index (χ4n) is 1.80. The maximum Gasteiger partial charge on any atom is 0.245 e. The quantitative estimate of drug-likeness (QED) is 0.822. The molecule has 1 amide bonds. The molecular weight excluding hydrogens is 328 g/mol. The Morgan fingerprint density at radius 3 is 2.79 bits per heavy atom. The van der Waals surface area contributed by atoms with Crippen molar-refractivity contribution >= 4 is 39.3 Å². The van der Waals surface area contributed by atoms with Gasteiger partial charge in [-0.05, 0) is 45.9 Å². The topological polar surface area (TPSA) is 80.9 Å². The van der Waals surface area contributed by atoms with Crippen molar-refractivity contribution in [3.63, 3.8) is 0 Å². The smallest absolute Gasteiger partial charge is 0.245 e. The normalized spacial score (nSPS) is 17.2. The van der Waals surface area contributed by atoms with Gasteiger partial charge in [0.05, 0.1) is 0 Å². The third-order valence-electron chi connectivity index (χ3n) is 2.72. The molecule has 3 rings (SSSR count). The van der Waals surface area contributed by atoms with Gasteiger partial charge < -0.3 is 11.1 Å². The van der Waals surface area contributed by atoms with Crippen LogP contribution in [-0.4, -0.2) is 15.9 Å². The van der Waals surface area contributed by atoms with E-state index >= 15 is 0 Å². The van der Waals surface area contributed by atoms with Crippen LogP contribution in [0.4, 0.5) is 5.69 Å². The molecule has 0 saturated carbocycles. The molecule has 7 heteroatoms. The van der Waals surface area contributed by atoms with Gasteiger partial charge in [-0.3, -0.25) is 4.79 Å². The molecule has 0 saturated heterocycles. The van der Waals surface area contributed by atoms with Crippen molar-refractivity contribution in [1.82, 2.24) is 9.97 Å². The molecule has 96 valence electrons. The van der Waals surface area contributed by atoms with Gasteiger partial charge in [0.15, 0.2) is 5.16 Å². The summed E-state index contributed by atoms with van der Waals surface area (Å²) >= 11 is 4.91. The van der Waals surface area contributed by atoms with Crippen LogP contribution in [0.2, 0.25) is 0 Å². The Hall–Kier alpha value is -1.44. The zero-order valence-corrected chi connectivity index (χ0v) is 12.0. The monoisotopic (exact) mass is 336 g/mol. The molecule has 1 aliphatic heterocycles. The molecule has 2 heterocycles. The molecular formula is C12H9BrN4OS. The first kappa shape index (κ1) is 12.6. The van der Waals surface area contributed by atoms with Gasteiger partial charge >= 0.3 is 0 Å². The number of aromatic nitrogens is 2. The fourth-order valence-corrected chi connectivity index (χ4v) is 3.16. The number of hydrogen-bond acceptors (Lipinski definition) is 5. The Bertz CT molecular complexity index is 650. The Balaban J connectivity index is 1.97. The van der Waals surface area contributed by atoms with E-state index in [9.17, 15) is 4.79 Å². The summed E-state index contributed by atoms with van der Waals surface area (Å²) in [6.45, 7) is 0. The van der Waals surface area contributed by atoms with Crippen LogP contribution in [-0.2, 0) is 4.79 Å². The maximum atomic E-state index is 11.5. The molecule has 0 spiro atoms. The van der Waals surface area contributed by atoms with Crippen LogP contribution >= 0.6 is 27.7 Å². The summed E-state index contributed by atoms with van der Waals surface area (Å²) in [6, 6.07) is 4.91. The highest BCUT2D eigenvalue weighted by atomic mass is 79.9. The van der Waals surface area contributed by atoms with E-state index in [0.29, 0.717) is 5.16 Å². The second-order valence-electron chi connectivity index (χ2n) is 3.97. The van der Waals surface area contributed by atoms with Crippen LogP contribution in [0.3, 0.4) is 0 Å². The van der Waals surface area contributed by atoms with E-state index in [4.69, 9.17) is 5.73 Å². The maximum absolute atomic E-state index is 11.5. The second kappa shape index (κ2) is 4.92. The molecule has 0 bridgehead atoms. The zero-order valence-electron chi connectivity index (χ0n) is 9.63. The Morgan fingerprint density at radius 1 is 1.32 bits per heavy atom. The zero-order chi connectivity index (χ0) is 13.4. The molecule has 0 aliphatic carbocycles. The van der Waals surface area contributed by atoms with Crippen molar-refractivity contribution in [3.8, 4) is 0 Å². The number of hydrogen-bond donors (Lipinski definition) is 2. The standard InChI is InChI=1S/C12H9BrN4OS/c13-7-4-6-8(17-11(18)10(6)14)5-9(7)19-12-15-2-1-3-16-12/h1-5,10H,14H2,(H,17,18). The van der Waals surface area contributed by atoms with Gasteiger partial charge in [-0.1, -0.05) is 0 Å². The number of nitrogens with zero attached hydrogens (tertiary/aromatic N) is 2. The van der Waals surface area contributed by atoms with Gasteiger partial charge in [0.25, 0.3) is 0 Å². The molecule has 2 aromatic rings. The molecule has 1 unspecified atom stereocenters. The summed E-state index contributed by atoms with van der Waals surface area (Å²) in [4.78, 5) is 20.8. The van der Waals surface area contributed by atoms with Crippen LogP contribution in [0.25, 0.3) is 0 Å².